The maximum atomic E-state index is 12.6. The highest BCUT2D eigenvalue weighted by Gasteiger charge is 2.38. The van der Waals surface area contributed by atoms with Crippen molar-refractivity contribution in [2.45, 2.75) is 50.6 Å². The smallest absolute Gasteiger partial charge is 0.254 e. The topological polar surface area (TPSA) is 20.3 Å². The van der Waals surface area contributed by atoms with Crippen LogP contribution in [0.2, 0.25) is 5.02 Å². The monoisotopic (exact) mass is 263 g/mol. The van der Waals surface area contributed by atoms with Crippen LogP contribution in [0.4, 0.5) is 0 Å². The quantitative estimate of drug-likeness (QED) is 0.810. The molecule has 96 valence electrons. The van der Waals surface area contributed by atoms with Crippen molar-refractivity contribution in [2.75, 3.05) is 0 Å². The van der Waals surface area contributed by atoms with Crippen molar-refractivity contribution in [3.63, 3.8) is 0 Å². The molecule has 0 heterocycles. The lowest BCUT2D eigenvalue weighted by molar-refractivity contribution is 0.0664. The summed E-state index contributed by atoms with van der Waals surface area (Å²) in [6.45, 7) is 0. The van der Waals surface area contributed by atoms with Crippen molar-refractivity contribution >= 4 is 17.5 Å². The first-order valence-corrected chi connectivity index (χ1v) is 7.22. The van der Waals surface area contributed by atoms with Gasteiger partial charge in [0.2, 0.25) is 0 Å². The number of rotatable bonds is 3. The SMILES string of the molecule is O=C(c1ccc(Cl)cc1)N(C1CCCC1)C1CC1. The van der Waals surface area contributed by atoms with E-state index in [-0.39, 0.29) is 5.91 Å². The summed E-state index contributed by atoms with van der Waals surface area (Å²) in [5.74, 6) is 0.195. The summed E-state index contributed by atoms with van der Waals surface area (Å²) < 4.78 is 0. The molecule has 1 aromatic carbocycles. The van der Waals surface area contributed by atoms with Crippen LogP contribution in [0.3, 0.4) is 0 Å². The van der Waals surface area contributed by atoms with Gasteiger partial charge >= 0.3 is 0 Å². The fourth-order valence-corrected chi connectivity index (χ4v) is 3.03. The van der Waals surface area contributed by atoms with Crippen LogP contribution in [0, 0.1) is 0 Å². The van der Waals surface area contributed by atoms with Crippen LogP contribution < -0.4 is 0 Å². The molecule has 1 aromatic rings. The van der Waals surface area contributed by atoms with Gasteiger partial charge in [0.05, 0.1) is 0 Å². The molecule has 0 aromatic heterocycles. The molecule has 2 saturated carbocycles. The van der Waals surface area contributed by atoms with Crippen molar-refractivity contribution in [3.05, 3.63) is 34.9 Å². The average molecular weight is 264 g/mol. The zero-order valence-corrected chi connectivity index (χ0v) is 11.2. The van der Waals surface area contributed by atoms with Gasteiger partial charge in [0.1, 0.15) is 0 Å². The summed E-state index contributed by atoms with van der Waals surface area (Å²) in [5, 5.41) is 0.686. The highest BCUT2D eigenvalue weighted by atomic mass is 35.5. The molecular weight excluding hydrogens is 246 g/mol. The van der Waals surface area contributed by atoms with E-state index in [1.54, 1.807) is 12.1 Å². The largest absolute Gasteiger partial charge is 0.333 e. The molecule has 2 nitrogen and oxygen atoms in total. The molecule has 1 amide bonds. The minimum absolute atomic E-state index is 0.195. The number of hydrogen-bond donors (Lipinski definition) is 0. The molecule has 0 radical (unpaired) electrons. The van der Waals surface area contributed by atoms with Gasteiger partial charge in [-0.25, -0.2) is 0 Å². The highest BCUT2D eigenvalue weighted by Crippen LogP contribution is 2.35. The van der Waals surface area contributed by atoms with E-state index in [0.29, 0.717) is 17.1 Å². The van der Waals surface area contributed by atoms with E-state index < -0.39 is 0 Å². The molecule has 0 spiro atoms. The minimum atomic E-state index is 0.195. The van der Waals surface area contributed by atoms with Gasteiger partial charge in [-0.05, 0) is 49.9 Å². The maximum Gasteiger partial charge on any atom is 0.254 e. The summed E-state index contributed by atoms with van der Waals surface area (Å²) in [6.07, 6.45) is 7.24. The zero-order valence-electron chi connectivity index (χ0n) is 10.4. The van der Waals surface area contributed by atoms with Gasteiger partial charge in [0, 0.05) is 22.7 Å². The van der Waals surface area contributed by atoms with E-state index in [9.17, 15) is 4.79 Å². The average Bonchev–Trinajstić information content (AvgIpc) is 3.05. The lowest BCUT2D eigenvalue weighted by Gasteiger charge is -2.29. The first kappa shape index (κ1) is 12.0. The van der Waals surface area contributed by atoms with Crippen molar-refractivity contribution in [1.29, 1.82) is 0 Å². The van der Waals surface area contributed by atoms with Gasteiger partial charge in [-0.1, -0.05) is 24.4 Å². The Hall–Kier alpha value is -1.02. The summed E-state index contributed by atoms with van der Waals surface area (Å²) >= 11 is 5.87. The van der Waals surface area contributed by atoms with Crippen molar-refractivity contribution in [1.82, 2.24) is 4.90 Å². The second-order valence-electron chi connectivity index (χ2n) is 5.39. The molecular formula is C15H18ClNO. The number of carbonyl (C=O) groups excluding carboxylic acids is 1. The van der Waals surface area contributed by atoms with Crippen LogP contribution in [0.5, 0.6) is 0 Å². The fourth-order valence-electron chi connectivity index (χ4n) is 2.91. The Morgan fingerprint density at radius 2 is 1.56 bits per heavy atom. The third-order valence-electron chi connectivity index (χ3n) is 3.98. The maximum absolute atomic E-state index is 12.6. The predicted molar refractivity (Wildman–Crippen MR) is 72.9 cm³/mol. The molecule has 3 rings (SSSR count). The van der Waals surface area contributed by atoms with Crippen LogP contribution >= 0.6 is 11.6 Å². The molecule has 0 atom stereocenters. The van der Waals surface area contributed by atoms with Gasteiger partial charge in [0.25, 0.3) is 5.91 Å². The Kier molecular flexibility index (Phi) is 3.29. The second-order valence-corrected chi connectivity index (χ2v) is 5.83. The number of benzene rings is 1. The molecule has 18 heavy (non-hydrogen) atoms. The van der Waals surface area contributed by atoms with Gasteiger partial charge < -0.3 is 4.90 Å². The van der Waals surface area contributed by atoms with Crippen molar-refractivity contribution < 1.29 is 4.79 Å². The number of hydrogen-bond acceptors (Lipinski definition) is 1. The van der Waals surface area contributed by atoms with Crippen molar-refractivity contribution in [3.8, 4) is 0 Å². The normalized spacial score (nSPS) is 20.1. The van der Waals surface area contributed by atoms with Crippen LogP contribution in [0.25, 0.3) is 0 Å². The van der Waals surface area contributed by atoms with Gasteiger partial charge in [-0.2, -0.15) is 0 Å². The molecule has 0 aliphatic heterocycles. The number of halogens is 1. The molecule has 0 unspecified atom stereocenters. The first-order valence-electron chi connectivity index (χ1n) is 6.84. The molecule has 2 aliphatic carbocycles. The van der Waals surface area contributed by atoms with E-state index in [2.05, 4.69) is 4.90 Å². The standard InChI is InChI=1S/C15H18ClNO/c16-12-7-5-11(6-8-12)15(18)17(14-9-10-14)13-3-1-2-4-13/h5-8,13-14H,1-4,9-10H2. The van der Waals surface area contributed by atoms with E-state index in [0.717, 1.165) is 5.56 Å². The number of nitrogens with zero attached hydrogens (tertiary/aromatic N) is 1. The Bertz CT molecular complexity index is 432. The minimum Gasteiger partial charge on any atom is -0.333 e. The third-order valence-corrected chi connectivity index (χ3v) is 4.24. The Labute approximate surface area is 113 Å². The molecule has 0 bridgehead atoms. The van der Waals surface area contributed by atoms with E-state index in [1.165, 1.54) is 38.5 Å². The van der Waals surface area contributed by atoms with E-state index >= 15 is 0 Å². The lowest BCUT2D eigenvalue weighted by Crippen LogP contribution is -2.40. The summed E-state index contributed by atoms with van der Waals surface area (Å²) in [5.41, 5.74) is 0.776. The summed E-state index contributed by atoms with van der Waals surface area (Å²) in [4.78, 5) is 14.8. The number of amides is 1. The van der Waals surface area contributed by atoms with Crippen LogP contribution in [-0.2, 0) is 0 Å². The van der Waals surface area contributed by atoms with Crippen molar-refractivity contribution in [2.24, 2.45) is 0 Å². The van der Waals surface area contributed by atoms with Gasteiger partial charge in [0.15, 0.2) is 0 Å². The highest BCUT2D eigenvalue weighted by molar-refractivity contribution is 6.30. The Morgan fingerprint density at radius 1 is 1.00 bits per heavy atom. The van der Waals surface area contributed by atoms with Crippen LogP contribution in [0.15, 0.2) is 24.3 Å². The number of carbonyl (C=O) groups is 1. The Balaban J connectivity index is 1.81. The predicted octanol–water partition coefficient (Wildman–Crippen LogP) is 3.89. The van der Waals surface area contributed by atoms with Gasteiger partial charge in [-0.15, -0.1) is 0 Å². The third kappa shape index (κ3) is 2.39. The summed E-state index contributed by atoms with van der Waals surface area (Å²) in [7, 11) is 0. The molecule has 0 saturated heterocycles. The van der Waals surface area contributed by atoms with Gasteiger partial charge in [-0.3, -0.25) is 4.79 Å². The molecule has 3 heteroatoms. The molecule has 2 aliphatic rings. The fraction of sp³-hybridized carbons (Fsp3) is 0.533. The zero-order chi connectivity index (χ0) is 12.5. The van der Waals surface area contributed by atoms with E-state index in [1.807, 2.05) is 12.1 Å². The molecule has 2 fully saturated rings. The Morgan fingerprint density at radius 3 is 2.11 bits per heavy atom. The van der Waals surface area contributed by atoms with Crippen LogP contribution in [-0.4, -0.2) is 22.9 Å². The van der Waals surface area contributed by atoms with Crippen LogP contribution in [0.1, 0.15) is 48.9 Å². The van der Waals surface area contributed by atoms with E-state index in [4.69, 9.17) is 11.6 Å². The second kappa shape index (κ2) is 4.93. The molecule has 0 N–H and O–H groups in total. The summed E-state index contributed by atoms with van der Waals surface area (Å²) in [6, 6.07) is 8.25. The lowest BCUT2D eigenvalue weighted by atomic mass is 10.1. The first-order chi connectivity index (χ1) is 8.75.